The number of unbranched alkanes of at least 4 members (excludes halogenated alkanes) is 2. The van der Waals surface area contributed by atoms with E-state index in [4.69, 9.17) is 33.2 Å². The number of rotatable bonds is 26. The van der Waals surface area contributed by atoms with E-state index in [1.807, 2.05) is 0 Å². The molecule has 0 aliphatic carbocycles. The van der Waals surface area contributed by atoms with Crippen LogP contribution in [0, 0.1) is 20.2 Å². The van der Waals surface area contributed by atoms with Crippen molar-refractivity contribution in [3.05, 3.63) is 92.8 Å². The van der Waals surface area contributed by atoms with Crippen molar-refractivity contribution < 1.29 is 71.0 Å². The van der Waals surface area contributed by atoms with Crippen LogP contribution in [0.1, 0.15) is 45.1 Å². The Morgan fingerprint density at radius 1 is 0.710 bits per heavy atom. The molecule has 0 unspecified atom stereocenters. The first-order valence-corrected chi connectivity index (χ1v) is 20.1. The first-order chi connectivity index (χ1) is 29.7. The molecule has 0 saturated heterocycles. The minimum atomic E-state index is -4.45. The highest BCUT2D eigenvalue weighted by molar-refractivity contribution is 7.92. The topological polar surface area (TPSA) is 301 Å². The maximum Gasteiger partial charge on any atom is 0.508 e. The van der Waals surface area contributed by atoms with Crippen LogP contribution in [0.15, 0.2) is 71.9 Å². The van der Waals surface area contributed by atoms with Crippen LogP contribution in [0.5, 0.6) is 23.1 Å². The van der Waals surface area contributed by atoms with Crippen LogP contribution >= 0.6 is 0 Å². The summed E-state index contributed by atoms with van der Waals surface area (Å²) in [5.74, 6) is -0.828. The summed E-state index contributed by atoms with van der Waals surface area (Å²) in [7, 11) is -3.05. The summed E-state index contributed by atoms with van der Waals surface area (Å²) in [6.45, 7) is 2.28. The summed E-state index contributed by atoms with van der Waals surface area (Å²) in [4.78, 5) is 70.1. The number of nitrogens with one attached hydrogen (secondary N) is 1. The largest absolute Gasteiger partial charge is 0.508 e. The van der Waals surface area contributed by atoms with Gasteiger partial charge >= 0.3 is 12.3 Å². The average Bonchev–Trinajstić information content (AvgIpc) is 3.25. The summed E-state index contributed by atoms with van der Waals surface area (Å²) in [6.07, 6.45) is 2.00. The second-order valence-electron chi connectivity index (χ2n) is 13.1. The molecule has 0 atom stereocenters. The summed E-state index contributed by atoms with van der Waals surface area (Å²) in [5.41, 5.74) is -0.194. The minimum absolute atomic E-state index is 0.00921. The van der Waals surface area contributed by atoms with Gasteiger partial charge in [0.05, 0.1) is 38.4 Å². The highest BCUT2D eigenvalue weighted by atomic mass is 32.2. The molecule has 0 aliphatic rings. The number of carbonyl (C=O) groups is 2. The summed E-state index contributed by atoms with van der Waals surface area (Å²) >= 11 is 0. The molecule has 0 radical (unpaired) electrons. The standard InChI is InChI=1S/C37H43N7O17S/c1-37(2,25-58-36(46)56-20-7-9-22-60-44(49)50)26-13-15-27(16-14-26)62(51,52)42-31-30(61-29-12-5-4-11-28(29)53-3)34(41-33(40-31)32-38-17-10-18-39-32)54-23-24-57-35(45)55-19-6-8-21-59-43(47)48/h4-5,10-18H,6-9,19-25H2,1-3H3,(H,40,41,42). The Morgan fingerprint density at radius 3 is 1.87 bits per heavy atom. The number of anilines is 1. The lowest BCUT2D eigenvalue weighted by Crippen LogP contribution is -2.27. The van der Waals surface area contributed by atoms with Crippen LogP contribution in [-0.4, -0.2) is 104 Å². The Hall–Kier alpha value is -7.31. The number of methoxy groups -OCH3 is 1. The van der Waals surface area contributed by atoms with Gasteiger partial charge in [0.15, 0.2) is 23.1 Å². The van der Waals surface area contributed by atoms with Crippen molar-refractivity contribution in [2.75, 3.05) is 58.1 Å². The molecule has 0 amide bonds. The van der Waals surface area contributed by atoms with E-state index in [9.17, 15) is 38.2 Å². The number of nitrogens with zero attached hydrogens (tertiary/aromatic N) is 6. The maximum atomic E-state index is 14.0. The molecule has 334 valence electrons. The van der Waals surface area contributed by atoms with Crippen LogP contribution in [-0.2, 0) is 44.1 Å². The fourth-order valence-electron chi connectivity index (χ4n) is 4.95. The molecule has 2 aromatic carbocycles. The number of hydrogen-bond donors (Lipinski definition) is 1. The van der Waals surface area contributed by atoms with Gasteiger partial charge in [0.2, 0.25) is 11.6 Å². The number of hydrogen-bond acceptors (Lipinski definition) is 21. The Bertz CT molecular complexity index is 2220. The van der Waals surface area contributed by atoms with Crippen molar-refractivity contribution >= 4 is 28.2 Å². The van der Waals surface area contributed by atoms with E-state index in [1.54, 1.807) is 56.3 Å². The summed E-state index contributed by atoms with van der Waals surface area (Å²) in [5, 5.41) is 18.7. The van der Waals surface area contributed by atoms with Crippen molar-refractivity contribution in [3.63, 3.8) is 0 Å². The third kappa shape index (κ3) is 15.4. The van der Waals surface area contributed by atoms with Gasteiger partial charge in [-0.2, -0.15) is 4.98 Å². The van der Waals surface area contributed by atoms with E-state index in [-0.39, 0.29) is 98.8 Å². The quantitative estimate of drug-likeness (QED) is 0.0353. The Balaban J connectivity index is 1.53. The number of aromatic nitrogens is 4. The van der Waals surface area contributed by atoms with Gasteiger partial charge in [0, 0.05) is 17.8 Å². The number of para-hydroxylation sites is 2. The lowest BCUT2D eigenvalue weighted by atomic mass is 9.86. The van der Waals surface area contributed by atoms with Gasteiger partial charge in [-0.1, -0.05) is 38.1 Å². The molecule has 0 aliphatic heterocycles. The van der Waals surface area contributed by atoms with Crippen molar-refractivity contribution in [1.29, 1.82) is 0 Å². The lowest BCUT2D eigenvalue weighted by molar-refractivity contribution is -0.757. The SMILES string of the molecule is COc1ccccc1Oc1c(NS(=O)(=O)c2ccc(C(C)(C)COC(=O)OCCCCO[N+](=O)[O-])cc2)nc(-c2ncccn2)nc1OCCOC(=O)OCCCCO[N+](=O)[O-]. The van der Waals surface area contributed by atoms with Crippen molar-refractivity contribution in [3.8, 4) is 34.8 Å². The zero-order valence-corrected chi connectivity index (χ0v) is 34.5. The van der Waals surface area contributed by atoms with Crippen LogP contribution in [0.4, 0.5) is 15.4 Å². The number of ether oxygens (including phenoxy) is 7. The molecule has 1 N–H and O–H groups in total. The van der Waals surface area contributed by atoms with Gasteiger partial charge in [-0.3, -0.25) is 4.72 Å². The first kappa shape index (κ1) is 47.4. The predicted molar refractivity (Wildman–Crippen MR) is 211 cm³/mol. The molecule has 0 saturated carbocycles. The summed E-state index contributed by atoms with van der Waals surface area (Å²) < 4.78 is 68.2. The highest BCUT2D eigenvalue weighted by Gasteiger charge is 2.28. The summed E-state index contributed by atoms with van der Waals surface area (Å²) in [6, 6.07) is 13.8. The van der Waals surface area contributed by atoms with Gasteiger partial charge in [-0.15, -0.1) is 20.2 Å². The van der Waals surface area contributed by atoms with Gasteiger partial charge in [-0.25, -0.2) is 33.0 Å². The van der Waals surface area contributed by atoms with E-state index in [2.05, 4.69) is 34.3 Å². The van der Waals surface area contributed by atoms with Crippen molar-refractivity contribution in [1.82, 2.24) is 19.9 Å². The maximum absolute atomic E-state index is 14.0. The number of carbonyl (C=O) groups excluding carboxylic acids is 2. The van der Waals surface area contributed by atoms with Crippen LogP contribution in [0.25, 0.3) is 11.6 Å². The third-order valence-corrected chi connectivity index (χ3v) is 9.42. The van der Waals surface area contributed by atoms with Crippen molar-refractivity contribution in [2.45, 2.75) is 49.8 Å². The third-order valence-electron chi connectivity index (χ3n) is 8.06. The zero-order valence-electron chi connectivity index (χ0n) is 33.7. The highest BCUT2D eigenvalue weighted by Crippen LogP contribution is 2.41. The molecule has 4 aromatic rings. The van der Waals surface area contributed by atoms with E-state index in [1.165, 1.54) is 31.6 Å². The number of sulfonamides is 1. The van der Waals surface area contributed by atoms with E-state index >= 15 is 0 Å². The van der Waals surface area contributed by atoms with E-state index < -0.39 is 43.7 Å². The Labute approximate surface area is 354 Å². The Morgan fingerprint density at radius 2 is 1.27 bits per heavy atom. The van der Waals surface area contributed by atoms with Gasteiger partial charge in [0.25, 0.3) is 26.1 Å². The predicted octanol–water partition coefficient (Wildman–Crippen LogP) is 5.48. The second-order valence-corrected chi connectivity index (χ2v) is 14.8. The number of benzene rings is 2. The average molecular weight is 890 g/mol. The molecule has 0 bridgehead atoms. The fourth-order valence-corrected chi connectivity index (χ4v) is 5.96. The minimum Gasteiger partial charge on any atom is -0.493 e. The molecule has 2 aromatic heterocycles. The molecular weight excluding hydrogens is 847 g/mol. The lowest BCUT2D eigenvalue weighted by Gasteiger charge is -2.25. The molecule has 0 fully saturated rings. The smallest absolute Gasteiger partial charge is 0.493 e. The molecule has 62 heavy (non-hydrogen) atoms. The second kappa shape index (κ2) is 23.5. The van der Waals surface area contributed by atoms with E-state index in [0.29, 0.717) is 18.4 Å². The van der Waals surface area contributed by atoms with Gasteiger partial charge in [-0.05, 0) is 61.6 Å². The van der Waals surface area contributed by atoms with Crippen LogP contribution < -0.4 is 18.9 Å². The van der Waals surface area contributed by atoms with Crippen LogP contribution in [0.2, 0.25) is 0 Å². The fraction of sp³-hybridized carbons (Fsp3) is 0.405. The molecule has 0 spiro atoms. The van der Waals surface area contributed by atoms with Gasteiger partial charge in [0.1, 0.15) is 19.8 Å². The zero-order chi connectivity index (χ0) is 45.0. The Kier molecular flexibility index (Phi) is 17.9. The van der Waals surface area contributed by atoms with E-state index in [0.717, 1.165) is 0 Å². The van der Waals surface area contributed by atoms with Crippen molar-refractivity contribution in [2.24, 2.45) is 0 Å². The molecular formula is C37H43N7O17S. The molecule has 24 nitrogen and oxygen atoms in total. The molecule has 4 rings (SSSR count). The first-order valence-electron chi connectivity index (χ1n) is 18.6. The monoisotopic (exact) mass is 889 g/mol. The van der Waals surface area contributed by atoms with Crippen LogP contribution in [0.3, 0.4) is 0 Å². The molecule has 25 heteroatoms. The molecule has 2 heterocycles. The normalized spacial score (nSPS) is 11.1. The van der Waals surface area contributed by atoms with Gasteiger partial charge < -0.3 is 42.8 Å².